The van der Waals surface area contributed by atoms with Crippen LogP contribution in [0.2, 0.25) is 0 Å². The number of primary amides is 1. The van der Waals surface area contributed by atoms with Crippen LogP contribution in [-0.4, -0.2) is 16.9 Å². The molecule has 0 saturated carbocycles. The second-order valence-corrected chi connectivity index (χ2v) is 4.00. The van der Waals surface area contributed by atoms with E-state index in [0.717, 1.165) is 0 Å². The van der Waals surface area contributed by atoms with Crippen molar-refractivity contribution in [2.24, 2.45) is 5.73 Å². The molecular formula is C11H17N3O. The summed E-state index contributed by atoms with van der Waals surface area (Å²) in [4.78, 5) is 15.6. The van der Waals surface area contributed by atoms with Gasteiger partial charge in [-0.3, -0.25) is 15.1 Å². The monoisotopic (exact) mass is 207 g/mol. The van der Waals surface area contributed by atoms with E-state index in [-0.39, 0.29) is 6.04 Å². The fraction of sp³-hybridized carbons (Fsp3) is 0.455. The van der Waals surface area contributed by atoms with Gasteiger partial charge in [0.25, 0.3) is 0 Å². The van der Waals surface area contributed by atoms with Crippen molar-refractivity contribution in [3.63, 3.8) is 0 Å². The third-order valence-corrected chi connectivity index (χ3v) is 2.25. The summed E-state index contributed by atoms with van der Waals surface area (Å²) in [5.74, 6) is -0.421. The first kappa shape index (κ1) is 11.7. The van der Waals surface area contributed by atoms with Crippen molar-refractivity contribution < 1.29 is 4.79 Å². The molecule has 1 rings (SSSR count). The molecule has 1 amide bonds. The lowest BCUT2D eigenvalue weighted by atomic mass is 9.95. The molecule has 82 valence electrons. The van der Waals surface area contributed by atoms with Gasteiger partial charge in [0.05, 0.1) is 5.69 Å². The Balaban J connectivity index is 3.07. The summed E-state index contributed by atoms with van der Waals surface area (Å²) in [5.41, 5.74) is 5.15. The Morgan fingerprint density at radius 3 is 2.60 bits per heavy atom. The molecule has 0 aliphatic rings. The lowest BCUT2D eigenvalue weighted by molar-refractivity contribution is -0.124. The number of nitrogens with one attached hydrogen (secondary N) is 1. The maximum Gasteiger partial charge on any atom is 0.243 e. The Hall–Kier alpha value is -1.42. The van der Waals surface area contributed by atoms with Crippen molar-refractivity contribution in [2.45, 2.75) is 32.4 Å². The predicted molar refractivity (Wildman–Crippen MR) is 59.1 cm³/mol. The first-order valence-electron chi connectivity index (χ1n) is 4.96. The first-order valence-corrected chi connectivity index (χ1v) is 4.96. The quantitative estimate of drug-likeness (QED) is 0.766. The standard InChI is InChI=1S/C11H17N3O/c1-8(2)14-11(3,10(12)15)9-6-4-5-7-13-9/h4-8,14H,1-3H3,(H2,12,15). The third-order valence-electron chi connectivity index (χ3n) is 2.25. The normalized spacial score (nSPS) is 14.9. The van der Waals surface area contributed by atoms with Gasteiger partial charge in [0.15, 0.2) is 0 Å². The van der Waals surface area contributed by atoms with Gasteiger partial charge in [-0.05, 0) is 32.9 Å². The molecule has 0 aliphatic carbocycles. The van der Waals surface area contributed by atoms with E-state index in [0.29, 0.717) is 5.69 Å². The van der Waals surface area contributed by atoms with Crippen LogP contribution >= 0.6 is 0 Å². The molecule has 0 bridgehead atoms. The minimum absolute atomic E-state index is 0.157. The molecular weight excluding hydrogens is 190 g/mol. The van der Waals surface area contributed by atoms with E-state index in [4.69, 9.17) is 5.73 Å². The van der Waals surface area contributed by atoms with Crippen molar-refractivity contribution in [3.05, 3.63) is 30.1 Å². The Bertz CT molecular complexity index is 337. The Kier molecular flexibility index (Phi) is 3.42. The number of hydrogen-bond acceptors (Lipinski definition) is 3. The van der Waals surface area contributed by atoms with Gasteiger partial charge in [-0.2, -0.15) is 0 Å². The minimum Gasteiger partial charge on any atom is -0.368 e. The SMILES string of the molecule is CC(C)NC(C)(C(N)=O)c1ccccn1. The molecule has 4 heteroatoms. The molecule has 0 aliphatic heterocycles. The molecule has 0 fully saturated rings. The second-order valence-electron chi connectivity index (χ2n) is 4.00. The minimum atomic E-state index is -0.907. The van der Waals surface area contributed by atoms with Gasteiger partial charge in [-0.25, -0.2) is 0 Å². The molecule has 1 heterocycles. The average Bonchev–Trinajstić information content (AvgIpc) is 2.17. The highest BCUT2D eigenvalue weighted by Crippen LogP contribution is 2.18. The molecule has 0 saturated heterocycles. The van der Waals surface area contributed by atoms with Crippen LogP contribution in [0.1, 0.15) is 26.5 Å². The fourth-order valence-electron chi connectivity index (χ4n) is 1.51. The number of carbonyl (C=O) groups is 1. The van der Waals surface area contributed by atoms with E-state index >= 15 is 0 Å². The van der Waals surface area contributed by atoms with E-state index in [2.05, 4.69) is 10.3 Å². The van der Waals surface area contributed by atoms with Crippen LogP contribution < -0.4 is 11.1 Å². The number of pyridine rings is 1. The van der Waals surface area contributed by atoms with Crippen LogP contribution in [0.5, 0.6) is 0 Å². The summed E-state index contributed by atoms with van der Waals surface area (Å²) in [7, 11) is 0. The number of rotatable bonds is 4. The van der Waals surface area contributed by atoms with Gasteiger partial charge >= 0.3 is 0 Å². The average molecular weight is 207 g/mol. The largest absolute Gasteiger partial charge is 0.368 e. The lowest BCUT2D eigenvalue weighted by Gasteiger charge is -2.29. The molecule has 0 radical (unpaired) electrons. The van der Waals surface area contributed by atoms with Crippen LogP contribution in [0.3, 0.4) is 0 Å². The zero-order valence-electron chi connectivity index (χ0n) is 9.32. The number of nitrogens with zero attached hydrogens (tertiary/aromatic N) is 1. The maximum atomic E-state index is 11.5. The zero-order valence-corrected chi connectivity index (χ0v) is 9.32. The molecule has 1 aromatic heterocycles. The van der Waals surface area contributed by atoms with Gasteiger partial charge < -0.3 is 5.73 Å². The van der Waals surface area contributed by atoms with Gasteiger partial charge in [-0.1, -0.05) is 6.07 Å². The van der Waals surface area contributed by atoms with Gasteiger partial charge in [0.1, 0.15) is 5.54 Å². The van der Waals surface area contributed by atoms with Crippen LogP contribution in [0.25, 0.3) is 0 Å². The summed E-state index contributed by atoms with van der Waals surface area (Å²) in [6, 6.07) is 5.59. The second kappa shape index (κ2) is 4.40. The van der Waals surface area contributed by atoms with E-state index in [1.54, 1.807) is 25.3 Å². The number of carbonyl (C=O) groups excluding carboxylic acids is 1. The first-order chi connectivity index (χ1) is 6.97. The van der Waals surface area contributed by atoms with Crippen molar-refractivity contribution in [3.8, 4) is 0 Å². The van der Waals surface area contributed by atoms with Crippen molar-refractivity contribution >= 4 is 5.91 Å². The van der Waals surface area contributed by atoms with Gasteiger partial charge in [0, 0.05) is 12.2 Å². The molecule has 0 aromatic carbocycles. The predicted octanol–water partition coefficient (Wildman–Crippen LogP) is 0.780. The highest BCUT2D eigenvalue weighted by atomic mass is 16.1. The number of nitrogens with two attached hydrogens (primary N) is 1. The smallest absolute Gasteiger partial charge is 0.243 e. The van der Waals surface area contributed by atoms with Crippen molar-refractivity contribution in [1.29, 1.82) is 0 Å². The van der Waals surface area contributed by atoms with Crippen LogP contribution in [0.4, 0.5) is 0 Å². The Morgan fingerprint density at radius 2 is 2.20 bits per heavy atom. The summed E-state index contributed by atoms with van der Waals surface area (Å²) >= 11 is 0. The van der Waals surface area contributed by atoms with Crippen molar-refractivity contribution in [1.82, 2.24) is 10.3 Å². The highest BCUT2D eigenvalue weighted by Gasteiger charge is 2.34. The molecule has 1 unspecified atom stereocenters. The molecule has 15 heavy (non-hydrogen) atoms. The number of amides is 1. The summed E-state index contributed by atoms with van der Waals surface area (Å²) in [5, 5.41) is 3.13. The molecule has 4 nitrogen and oxygen atoms in total. The molecule has 0 spiro atoms. The number of hydrogen-bond donors (Lipinski definition) is 2. The molecule has 1 atom stereocenters. The van der Waals surface area contributed by atoms with E-state index in [1.165, 1.54) is 0 Å². The van der Waals surface area contributed by atoms with Crippen molar-refractivity contribution in [2.75, 3.05) is 0 Å². The number of aromatic nitrogens is 1. The third kappa shape index (κ3) is 2.53. The summed E-state index contributed by atoms with van der Waals surface area (Å²) in [6.45, 7) is 5.67. The van der Waals surface area contributed by atoms with Gasteiger partial charge in [-0.15, -0.1) is 0 Å². The Labute approximate surface area is 89.9 Å². The maximum absolute atomic E-state index is 11.5. The highest BCUT2D eigenvalue weighted by molar-refractivity contribution is 5.85. The zero-order chi connectivity index (χ0) is 11.5. The van der Waals surface area contributed by atoms with E-state index < -0.39 is 11.4 Å². The van der Waals surface area contributed by atoms with E-state index in [9.17, 15) is 4.79 Å². The van der Waals surface area contributed by atoms with Crippen LogP contribution in [0.15, 0.2) is 24.4 Å². The Morgan fingerprint density at radius 1 is 1.53 bits per heavy atom. The molecule has 3 N–H and O–H groups in total. The van der Waals surface area contributed by atoms with Crippen LogP contribution in [-0.2, 0) is 10.3 Å². The fourth-order valence-corrected chi connectivity index (χ4v) is 1.51. The summed E-state index contributed by atoms with van der Waals surface area (Å²) in [6.07, 6.45) is 1.65. The van der Waals surface area contributed by atoms with E-state index in [1.807, 2.05) is 19.9 Å². The summed E-state index contributed by atoms with van der Waals surface area (Å²) < 4.78 is 0. The lowest BCUT2D eigenvalue weighted by Crippen LogP contribution is -2.53. The topological polar surface area (TPSA) is 68.0 Å². The van der Waals surface area contributed by atoms with Gasteiger partial charge in [0.2, 0.25) is 5.91 Å². The van der Waals surface area contributed by atoms with Crippen LogP contribution in [0, 0.1) is 0 Å². The molecule has 1 aromatic rings.